The van der Waals surface area contributed by atoms with Crippen molar-refractivity contribution in [3.05, 3.63) is 54.5 Å². The zero-order chi connectivity index (χ0) is 13.8. The standard InChI is InChI=1S/C16H17NO3/c18-16(15-10-5-11-19-15)17-13-8-4-9-14(13)20-12-6-2-1-3-7-12/h1-3,5-7,10-11,13-14H,4,8-9H2,(H,17,18)/t13-,14+/m1/s1. The second kappa shape index (κ2) is 5.82. The second-order valence-corrected chi connectivity index (χ2v) is 4.96. The van der Waals surface area contributed by atoms with Crippen LogP contribution in [0.2, 0.25) is 0 Å². The molecule has 104 valence electrons. The van der Waals surface area contributed by atoms with E-state index in [0.717, 1.165) is 25.0 Å². The van der Waals surface area contributed by atoms with Gasteiger partial charge in [0.15, 0.2) is 5.76 Å². The third-order valence-corrected chi connectivity index (χ3v) is 3.54. The number of carbonyl (C=O) groups is 1. The summed E-state index contributed by atoms with van der Waals surface area (Å²) in [5.41, 5.74) is 0. The predicted octanol–water partition coefficient (Wildman–Crippen LogP) is 3.01. The number of nitrogens with one attached hydrogen (secondary N) is 1. The third-order valence-electron chi connectivity index (χ3n) is 3.54. The summed E-state index contributed by atoms with van der Waals surface area (Å²) >= 11 is 0. The van der Waals surface area contributed by atoms with Gasteiger partial charge in [0.1, 0.15) is 11.9 Å². The molecule has 1 N–H and O–H groups in total. The number of para-hydroxylation sites is 1. The molecule has 1 saturated carbocycles. The fourth-order valence-corrected chi connectivity index (χ4v) is 2.55. The number of hydrogen-bond donors (Lipinski definition) is 1. The molecule has 1 amide bonds. The molecule has 0 bridgehead atoms. The summed E-state index contributed by atoms with van der Waals surface area (Å²) in [5, 5.41) is 2.99. The molecule has 1 aromatic heterocycles. The summed E-state index contributed by atoms with van der Waals surface area (Å²) in [6, 6.07) is 13.1. The molecule has 0 aliphatic heterocycles. The van der Waals surface area contributed by atoms with E-state index in [1.54, 1.807) is 12.1 Å². The molecule has 3 rings (SSSR count). The smallest absolute Gasteiger partial charge is 0.287 e. The van der Waals surface area contributed by atoms with Gasteiger partial charge in [0.25, 0.3) is 5.91 Å². The van der Waals surface area contributed by atoms with Crippen molar-refractivity contribution in [2.75, 3.05) is 0 Å². The quantitative estimate of drug-likeness (QED) is 0.930. The van der Waals surface area contributed by atoms with E-state index in [2.05, 4.69) is 5.32 Å². The van der Waals surface area contributed by atoms with Crippen molar-refractivity contribution in [1.82, 2.24) is 5.32 Å². The summed E-state index contributed by atoms with van der Waals surface area (Å²) in [7, 11) is 0. The summed E-state index contributed by atoms with van der Waals surface area (Å²) < 4.78 is 11.1. The minimum atomic E-state index is -0.177. The molecule has 4 heteroatoms. The van der Waals surface area contributed by atoms with Crippen molar-refractivity contribution in [3.8, 4) is 5.75 Å². The van der Waals surface area contributed by atoms with Gasteiger partial charge in [0, 0.05) is 0 Å². The van der Waals surface area contributed by atoms with Gasteiger partial charge in [-0.05, 0) is 43.5 Å². The van der Waals surface area contributed by atoms with Gasteiger partial charge in [-0.15, -0.1) is 0 Å². The SMILES string of the molecule is O=C(N[C@@H]1CCC[C@@H]1Oc1ccccc1)c1ccco1. The topological polar surface area (TPSA) is 51.5 Å². The van der Waals surface area contributed by atoms with Crippen molar-refractivity contribution in [3.63, 3.8) is 0 Å². The predicted molar refractivity (Wildman–Crippen MR) is 74.7 cm³/mol. The number of furan rings is 1. The molecule has 1 aliphatic carbocycles. The lowest BCUT2D eigenvalue weighted by molar-refractivity contribution is 0.0866. The van der Waals surface area contributed by atoms with E-state index in [9.17, 15) is 4.79 Å². The number of carbonyl (C=O) groups excluding carboxylic acids is 1. The molecule has 0 radical (unpaired) electrons. The zero-order valence-electron chi connectivity index (χ0n) is 11.1. The van der Waals surface area contributed by atoms with Crippen LogP contribution in [0.25, 0.3) is 0 Å². The van der Waals surface area contributed by atoms with E-state index in [1.807, 2.05) is 30.3 Å². The number of ether oxygens (including phenoxy) is 1. The third kappa shape index (κ3) is 2.85. The molecular formula is C16H17NO3. The largest absolute Gasteiger partial charge is 0.488 e. The maximum atomic E-state index is 12.0. The van der Waals surface area contributed by atoms with Gasteiger partial charge in [0.05, 0.1) is 12.3 Å². The highest BCUT2D eigenvalue weighted by Gasteiger charge is 2.31. The Morgan fingerprint density at radius 1 is 1.15 bits per heavy atom. The second-order valence-electron chi connectivity index (χ2n) is 4.96. The van der Waals surface area contributed by atoms with Gasteiger partial charge in [0.2, 0.25) is 0 Å². The van der Waals surface area contributed by atoms with Crippen LogP contribution in [0.5, 0.6) is 5.75 Å². The summed E-state index contributed by atoms with van der Waals surface area (Å²) in [6.07, 6.45) is 4.47. The first kappa shape index (κ1) is 12.8. The van der Waals surface area contributed by atoms with E-state index in [0.29, 0.717) is 5.76 Å². The average molecular weight is 271 g/mol. The van der Waals surface area contributed by atoms with E-state index in [1.165, 1.54) is 6.26 Å². The van der Waals surface area contributed by atoms with Crippen LogP contribution in [0.4, 0.5) is 0 Å². The fourth-order valence-electron chi connectivity index (χ4n) is 2.55. The Labute approximate surface area is 117 Å². The molecule has 0 spiro atoms. The van der Waals surface area contributed by atoms with Crippen LogP contribution < -0.4 is 10.1 Å². The van der Waals surface area contributed by atoms with E-state index < -0.39 is 0 Å². The number of benzene rings is 1. The Morgan fingerprint density at radius 3 is 2.75 bits per heavy atom. The number of hydrogen-bond acceptors (Lipinski definition) is 3. The van der Waals surface area contributed by atoms with Crippen molar-refractivity contribution < 1.29 is 13.9 Å². The minimum absolute atomic E-state index is 0.0244. The monoisotopic (exact) mass is 271 g/mol. The molecule has 2 atom stereocenters. The molecule has 1 fully saturated rings. The first-order chi connectivity index (χ1) is 9.83. The number of amides is 1. The normalized spacial score (nSPS) is 21.6. The Hall–Kier alpha value is -2.23. The summed E-state index contributed by atoms with van der Waals surface area (Å²) in [6.45, 7) is 0. The van der Waals surface area contributed by atoms with Crippen LogP contribution in [0.15, 0.2) is 53.1 Å². The molecule has 0 unspecified atom stereocenters. The van der Waals surface area contributed by atoms with Crippen molar-refractivity contribution in [2.45, 2.75) is 31.4 Å². The van der Waals surface area contributed by atoms with E-state index in [-0.39, 0.29) is 18.1 Å². The Kier molecular flexibility index (Phi) is 3.72. The number of rotatable bonds is 4. The molecule has 0 saturated heterocycles. The summed E-state index contributed by atoms with van der Waals surface area (Å²) in [4.78, 5) is 12.0. The highest BCUT2D eigenvalue weighted by molar-refractivity contribution is 5.91. The Balaban J connectivity index is 1.62. The highest BCUT2D eigenvalue weighted by Crippen LogP contribution is 2.25. The van der Waals surface area contributed by atoms with Crippen LogP contribution in [-0.4, -0.2) is 18.1 Å². The molecule has 4 nitrogen and oxygen atoms in total. The van der Waals surface area contributed by atoms with Crippen LogP contribution in [-0.2, 0) is 0 Å². The lowest BCUT2D eigenvalue weighted by atomic mass is 10.2. The minimum Gasteiger partial charge on any atom is -0.488 e. The summed E-state index contributed by atoms with van der Waals surface area (Å²) in [5.74, 6) is 1.01. The van der Waals surface area contributed by atoms with Crippen LogP contribution in [0, 0.1) is 0 Å². The highest BCUT2D eigenvalue weighted by atomic mass is 16.5. The van der Waals surface area contributed by atoms with Crippen molar-refractivity contribution in [2.24, 2.45) is 0 Å². The molecule has 1 aliphatic rings. The van der Waals surface area contributed by atoms with Crippen molar-refractivity contribution in [1.29, 1.82) is 0 Å². The maximum Gasteiger partial charge on any atom is 0.287 e. The van der Waals surface area contributed by atoms with Gasteiger partial charge in [-0.3, -0.25) is 4.79 Å². The van der Waals surface area contributed by atoms with Gasteiger partial charge in [-0.25, -0.2) is 0 Å². The van der Waals surface area contributed by atoms with E-state index >= 15 is 0 Å². The molecule has 20 heavy (non-hydrogen) atoms. The Bertz CT molecular complexity index is 550. The lowest BCUT2D eigenvalue weighted by Gasteiger charge is -2.22. The molecule has 1 aromatic carbocycles. The van der Waals surface area contributed by atoms with Gasteiger partial charge < -0.3 is 14.5 Å². The molecule has 2 aromatic rings. The van der Waals surface area contributed by atoms with E-state index in [4.69, 9.17) is 9.15 Å². The van der Waals surface area contributed by atoms with Crippen LogP contribution in [0.3, 0.4) is 0 Å². The molecular weight excluding hydrogens is 254 g/mol. The fraction of sp³-hybridized carbons (Fsp3) is 0.312. The average Bonchev–Trinajstić information content (AvgIpc) is 3.12. The lowest BCUT2D eigenvalue weighted by Crippen LogP contribution is -2.42. The first-order valence-corrected chi connectivity index (χ1v) is 6.89. The first-order valence-electron chi connectivity index (χ1n) is 6.89. The van der Waals surface area contributed by atoms with Crippen LogP contribution >= 0.6 is 0 Å². The molecule has 1 heterocycles. The van der Waals surface area contributed by atoms with Gasteiger partial charge >= 0.3 is 0 Å². The van der Waals surface area contributed by atoms with Crippen LogP contribution in [0.1, 0.15) is 29.8 Å². The maximum absolute atomic E-state index is 12.0. The Morgan fingerprint density at radius 2 is 2.00 bits per heavy atom. The van der Waals surface area contributed by atoms with Crippen molar-refractivity contribution >= 4 is 5.91 Å². The van der Waals surface area contributed by atoms with Gasteiger partial charge in [-0.1, -0.05) is 18.2 Å². The van der Waals surface area contributed by atoms with Gasteiger partial charge in [-0.2, -0.15) is 0 Å². The zero-order valence-corrected chi connectivity index (χ0v) is 11.1.